The lowest BCUT2D eigenvalue weighted by atomic mass is 10.1. The second kappa shape index (κ2) is 7.88. The summed E-state index contributed by atoms with van der Waals surface area (Å²) in [6.45, 7) is 7.98. The standard InChI is InChI=1S/C23H25N3O3/c1-6-28-17-10-7-15(8-11-17)21-19(14-24)18-12-9-16(13-20(18)26(21)5)25-22(27)29-23(2,3)4/h7-13H,6H2,1-5H3,(H,25,27). The van der Waals surface area contributed by atoms with Crippen LogP contribution in [0.25, 0.3) is 22.2 Å². The van der Waals surface area contributed by atoms with Crippen LogP contribution >= 0.6 is 0 Å². The Morgan fingerprint density at radius 1 is 1.17 bits per heavy atom. The summed E-state index contributed by atoms with van der Waals surface area (Å²) in [5, 5.41) is 13.4. The number of nitrogens with zero attached hydrogens (tertiary/aromatic N) is 2. The molecule has 1 aromatic heterocycles. The van der Waals surface area contributed by atoms with E-state index in [1.807, 2.05) is 75.7 Å². The van der Waals surface area contributed by atoms with Gasteiger partial charge in [-0.25, -0.2) is 4.79 Å². The van der Waals surface area contributed by atoms with Crippen molar-refractivity contribution in [2.75, 3.05) is 11.9 Å². The summed E-state index contributed by atoms with van der Waals surface area (Å²) in [6, 6.07) is 15.5. The molecule has 0 aliphatic rings. The molecular weight excluding hydrogens is 366 g/mol. The summed E-state index contributed by atoms with van der Waals surface area (Å²) in [5.74, 6) is 0.789. The van der Waals surface area contributed by atoms with Gasteiger partial charge in [0.15, 0.2) is 0 Å². The topological polar surface area (TPSA) is 76.3 Å². The third-order valence-electron chi connectivity index (χ3n) is 4.40. The highest BCUT2D eigenvalue weighted by Gasteiger charge is 2.19. The number of hydrogen-bond acceptors (Lipinski definition) is 4. The predicted octanol–water partition coefficient (Wildman–Crippen LogP) is 5.46. The van der Waals surface area contributed by atoms with Gasteiger partial charge in [0.05, 0.1) is 23.4 Å². The van der Waals surface area contributed by atoms with E-state index in [2.05, 4.69) is 11.4 Å². The molecule has 6 nitrogen and oxygen atoms in total. The molecule has 6 heteroatoms. The zero-order valence-electron chi connectivity index (χ0n) is 17.4. The second-order valence-electron chi connectivity index (χ2n) is 7.71. The number of aromatic nitrogens is 1. The number of anilines is 1. The van der Waals surface area contributed by atoms with Gasteiger partial charge in [-0.2, -0.15) is 5.26 Å². The normalized spacial score (nSPS) is 11.2. The summed E-state index contributed by atoms with van der Waals surface area (Å²) in [7, 11) is 1.91. The van der Waals surface area contributed by atoms with Crippen molar-refractivity contribution in [2.45, 2.75) is 33.3 Å². The summed E-state index contributed by atoms with van der Waals surface area (Å²) in [4.78, 5) is 12.1. The quantitative estimate of drug-likeness (QED) is 0.640. The van der Waals surface area contributed by atoms with Crippen molar-refractivity contribution in [1.82, 2.24) is 4.57 Å². The van der Waals surface area contributed by atoms with E-state index in [4.69, 9.17) is 9.47 Å². The molecule has 0 atom stereocenters. The van der Waals surface area contributed by atoms with Crippen LogP contribution in [0.2, 0.25) is 0 Å². The van der Waals surface area contributed by atoms with Crippen LogP contribution in [0.5, 0.6) is 5.75 Å². The van der Waals surface area contributed by atoms with Crippen LogP contribution in [-0.4, -0.2) is 22.9 Å². The maximum absolute atomic E-state index is 12.1. The van der Waals surface area contributed by atoms with E-state index in [1.54, 1.807) is 6.07 Å². The summed E-state index contributed by atoms with van der Waals surface area (Å²) in [5.41, 5.74) is 3.21. The molecule has 1 heterocycles. The predicted molar refractivity (Wildman–Crippen MR) is 114 cm³/mol. The van der Waals surface area contributed by atoms with Crippen LogP contribution < -0.4 is 10.1 Å². The van der Waals surface area contributed by atoms with Crippen LogP contribution in [0, 0.1) is 11.3 Å². The van der Waals surface area contributed by atoms with Gasteiger partial charge in [-0.15, -0.1) is 0 Å². The lowest BCUT2D eigenvalue weighted by Gasteiger charge is -2.19. The fourth-order valence-corrected chi connectivity index (χ4v) is 3.26. The van der Waals surface area contributed by atoms with Crippen molar-refractivity contribution in [2.24, 2.45) is 7.05 Å². The highest BCUT2D eigenvalue weighted by Crippen LogP contribution is 2.34. The molecule has 0 aliphatic carbocycles. The van der Waals surface area contributed by atoms with Crippen LogP contribution in [0.1, 0.15) is 33.3 Å². The first-order chi connectivity index (χ1) is 13.7. The zero-order chi connectivity index (χ0) is 21.2. The number of fused-ring (bicyclic) bond motifs is 1. The number of aryl methyl sites for hydroxylation is 1. The third-order valence-corrected chi connectivity index (χ3v) is 4.40. The minimum Gasteiger partial charge on any atom is -0.494 e. The second-order valence-corrected chi connectivity index (χ2v) is 7.71. The number of carbonyl (C=O) groups is 1. The van der Waals surface area contributed by atoms with Gasteiger partial charge in [0, 0.05) is 18.1 Å². The Balaban J connectivity index is 2.01. The number of benzene rings is 2. The van der Waals surface area contributed by atoms with Crippen LogP contribution in [0.4, 0.5) is 10.5 Å². The molecule has 0 aliphatic heterocycles. The Labute approximate surface area is 170 Å². The Hall–Kier alpha value is -3.46. The van der Waals surface area contributed by atoms with E-state index in [1.165, 1.54) is 0 Å². The fraction of sp³-hybridized carbons (Fsp3) is 0.304. The van der Waals surface area contributed by atoms with Crippen LogP contribution in [0.15, 0.2) is 42.5 Å². The molecule has 0 unspecified atom stereocenters. The molecule has 1 N–H and O–H groups in total. The smallest absolute Gasteiger partial charge is 0.412 e. The van der Waals surface area contributed by atoms with E-state index < -0.39 is 11.7 Å². The first-order valence-corrected chi connectivity index (χ1v) is 9.49. The van der Waals surface area contributed by atoms with Gasteiger partial charge >= 0.3 is 6.09 Å². The Kier molecular flexibility index (Phi) is 5.51. The molecule has 150 valence electrons. The Morgan fingerprint density at radius 2 is 1.86 bits per heavy atom. The first kappa shape index (κ1) is 20.3. The van der Waals surface area contributed by atoms with Crippen molar-refractivity contribution in [3.05, 3.63) is 48.0 Å². The summed E-state index contributed by atoms with van der Waals surface area (Å²) >= 11 is 0. The molecule has 0 bridgehead atoms. The zero-order valence-corrected chi connectivity index (χ0v) is 17.4. The van der Waals surface area contributed by atoms with E-state index >= 15 is 0 Å². The molecule has 3 aromatic rings. The maximum atomic E-state index is 12.1. The molecule has 0 radical (unpaired) electrons. The average Bonchev–Trinajstić information content (AvgIpc) is 2.93. The number of amides is 1. The monoisotopic (exact) mass is 391 g/mol. The van der Waals surface area contributed by atoms with Gasteiger partial charge in [0.25, 0.3) is 0 Å². The van der Waals surface area contributed by atoms with Crippen molar-refractivity contribution in [1.29, 1.82) is 5.26 Å². The number of rotatable bonds is 4. The Morgan fingerprint density at radius 3 is 2.45 bits per heavy atom. The number of ether oxygens (including phenoxy) is 2. The number of carbonyl (C=O) groups excluding carboxylic acids is 1. The van der Waals surface area contributed by atoms with E-state index in [0.717, 1.165) is 27.9 Å². The SMILES string of the molecule is CCOc1ccc(-c2c(C#N)c3ccc(NC(=O)OC(C)(C)C)cc3n2C)cc1. The molecule has 0 saturated carbocycles. The van der Waals surface area contributed by atoms with Gasteiger partial charge in [0.2, 0.25) is 0 Å². The molecule has 2 aromatic carbocycles. The lowest BCUT2D eigenvalue weighted by molar-refractivity contribution is 0.0636. The molecular formula is C23H25N3O3. The van der Waals surface area contributed by atoms with Gasteiger partial charge in [0.1, 0.15) is 17.4 Å². The molecule has 3 rings (SSSR count). The average molecular weight is 391 g/mol. The van der Waals surface area contributed by atoms with Crippen molar-refractivity contribution >= 4 is 22.7 Å². The van der Waals surface area contributed by atoms with Crippen LogP contribution in [-0.2, 0) is 11.8 Å². The molecule has 1 amide bonds. The molecule has 29 heavy (non-hydrogen) atoms. The van der Waals surface area contributed by atoms with Crippen molar-refractivity contribution in [3.8, 4) is 23.1 Å². The number of nitriles is 1. The van der Waals surface area contributed by atoms with E-state index in [0.29, 0.717) is 17.9 Å². The van der Waals surface area contributed by atoms with Gasteiger partial charge in [-0.05, 0) is 75.7 Å². The summed E-state index contributed by atoms with van der Waals surface area (Å²) < 4.78 is 12.8. The largest absolute Gasteiger partial charge is 0.494 e. The highest BCUT2D eigenvalue weighted by atomic mass is 16.6. The minimum atomic E-state index is -0.575. The fourth-order valence-electron chi connectivity index (χ4n) is 3.26. The number of nitrogens with one attached hydrogen (secondary N) is 1. The van der Waals surface area contributed by atoms with Crippen LogP contribution in [0.3, 0.4) is 0 Å². The minimum absolute atomic E-state index is 0.515. The lowest BCUT2D eigenvalue weighted by Crippen LogP contribution is -2.27. The first-order valence-electron chi connectivity index (χ1n) is 9.49. The van der Waals surface area contributed by atoms with E-state index in [9.17, 15) is 10.1 Å². The molecule has 0 saturated heterocycles. The molecule has 0 fully saturated rings. The highest BCUT2D eigenvalue weighted by molar-refractivity contribution is 5.97. The number of hydrogen-bond donors (Lipinski definition) is 1. The van der Waals surface area contributed by atoms with Crippen molar-refractivity contribution < 1.29 is 14.3 Å². The van der Waals surface area contributed by atoms with Gasteiger partial charge < -0.3 is 14.0 Å². The Bertz CT molecular complexity index is 1080. The maximum Gasteiger partial charge on any atom is 0.412 e. The van der Waals surface area contributed by atoms with Crippen molar-refractivity contribution in [3.63, 3.8) is 0 Å². The van der Waals surface area contributed by atoms with E-state index in [-0.39, 0.29) is 0 Å². The van der Waals surface area contributed by atoms with Gasteiger partial charge in [-0.3, -0.25) is 5.32 Å². The third kappa shape index (κ3) is 4.35. The summed E-state index contributed by atoms with van der Waals surface area (Å²) in [6.07, 6.45) is -0.515. The molecule has 0 spiro atoms. The van der Waals surface area contributed by atoms with Gasteiger partial charge in [-0.1, -0.05) is 0 Å².